The minimum Gasteiger partial charge on any atom is -0.345 e. The number of likely N-dealkylation sites (tertiary alicyclic amines) is 1. The van der Waals surface area contributed by atoms with Gasteiger partial charge in [-0.25, -0.2) is 4.98 Å². The summed E-state index contributed by atoms with van der Waals surface area (Å²) in [4.78, 5) is 13.4. The van der Waals surface area contributed by atoms with E-state index in [4.69, 9.17) is 11.6 Å². The fraction of sp³-hybridized carbons (Fsp3) is 0.516. The van der Waals surface area contributed by atoms with Crippen LogP contribution in [-0.4, -0.2) is 62.5 Å². The second-order valence-corrected chi connectivity index (χ2v) is 12.1. The number of rotatable bonds is 5. The number of nitrogens with zero attached hydrogens (tertiary/aromatic N) is 6. The molecular formula is C31H38N6S. The second-order valence-electron chi connectivity index (χ2n) is 11.3. The molecule has 3 aliphatic heterocycles. The number of piperidine rings is 2. The van der Waals surface area contributed by atoms with E-state index >= 15 is 0 Å². The number of amidine groups is 1. The van der Waals surface area contributed by atoms with E-state index in [0.717, 1.165) is 42.4 Å². The maximum atomic E-state index is 7.19. The van der Waals surface area contributed by atoms with Crippen LogP contribution in [0.25, 0.3) is 16.0 Å². The smallest absolute Gasteiger partial charge is 0.246 e. The molecule has 2 aromatic carbocycles. The van der Waals surface area contributed by atoms with Gasteiger partial charge in [0.15, 0.2) is 0 Å². The largest absolute Gasteiger partial charge is 0.345 e. The van der Waals surface area contributed by atoms with Crippen molar-refractivity contribution in [3.63, 3.8) is 0 Å². The number of fused-ring (bicyclic) bond motifs is 3. The van der Waals surface area contributed by atoms with Gasteiger partial charge in [0.1, 0.15) is 10.9 Å². The van der Waals surface area contributed by atoms with Crippen LogP contribution in [-0.2, 0) is 5.41 Å². The lowest BCUT2D eigenvalue weighted by molar-refractivity contribution is 0.0890. The number of aromatic nitrogens is 2. The van der Waals surface area contributed by atoms with Crippen LogP contribution in [0, 0.1) is 13.5 Å². The first-order chi connectivity index (χ1) is 18.6. The third-order valence-electron chi connectivity index (χ3n) is 9.54. The molecule has 4 heterocycles. The van der Waals surface area contributed by atoms with Crippen LogP contribution >= 0.6 is 11.8 Å². The van der Waals surface area contributed by atoms with Crippen molar-refractivity contribution in [2.24, 2.45) is 5.10 Å². The molecule has 3 atom stereocenters. The van der Waals surface area contributed by atoms with Crippen molar-refractivity contribution < 1.29 is 0 Å². The molecule has 38 heavy (non-hydrogen) atoms. The van der Waals surface area contributed by atoms with Gasteiger partial charge in [-0.3, -0.25) is 4.90 Å². The zero-order valence-electron chi connectivity index (χ0n) is 22.6. The SMILES string of the molecule is [C-]#[N+]/N=C(/SC)N1CCC(CCN2[C@@H]3CC[C@H]2CC(n2c(C)nc4ccccc42)C3)(c2ccccc2)CC1. The van der Waals surface area contributed by atoms with Gasteiger partial charge in [-0.2, -0.15) is 6.57 Å². The van der Waals surface area contributed by atoms with Gasteiger partial charge >= 0.3 is 0 Å². The van der Waals surface area contributed by atoms with E-state index in [1.165, 1.54) is 49.7 Å². The maximum absolute atomic E-state index is 7.19. The third kappa shape index (κ3) is 4.63. The van der Waals surface area contributed by atoms with E-state index in [2.05, 4.69) is 85.9 Å². The standard InChI is InChI=1S/C31H38N6S/c1-23-33-28-11-7-8-12-29(28)37(23)27-21-25-13-14-26(22-27)36(25)20-17-31(24-9-5-4-6-10-24)15-18-35(19-16-31)30(38-3)34-32-2/h4-12,25-27H,13-22H2,1,3H3/b34-30+/t25-,26+,27?. The molecular weight excluding hydrogens is 488 g/mol. The van der Waals surface area contributed by atoms with Crippen LogP contribution in [0.3, 0.4) is 0 Å². The van der Waals surface area contributed by atoms with Gasteiger partial charge in [-0.15, -0.1) is 4.95 Å². The van der Waals surface area contributed by atoms with Gasteiger partial charge in [0.05, 0.1) is 11.0 Å². The lowest BCUT2D eigenvalue weighted by Gasteiger charge is -2.45. The predicted octanol–water partition coefficient (Wildman–Crippen LogP) is 6.49. The highest BCUT2D eigenvalue weighted by molar-refractivity contribution is 8.13. The van der Waals surface area contributed by atoms with Gasteiger partial charge in [-0.05, 0) is 87.8 Å². The van der Waals surface area contributed by atoms with Crippen molar-refractivity contribution >= 4 is 28.0 Å². The Balaban J connectivity index is 1.18. The summed E-state index contributed by atoms with van der Waals surface area (Å²) in [5.74, 6) is 1.16. The van der Waals surface area contributed by atoms with Gasteiger partial charge in [-0.1, -0.05) is 54.2 Å². The van der Waals surface area contributed by atoms with E-state index in [1.54, 1.807) is 11.8 Å². The molecule has 0 saturated carbocycles. The van der Waals surface area contributed by atoms with Crippen LogP contribution < -0.4 is 0 Å². The first-order valence-electron chi connectivity index (χ1n) is 14.1. The summed E-state index contributed by atoms with van der Waals surface area (Å²) in [7, 11) is 0. The van der Waals surface area contributed by atoms with Gasteiger partial charge in [0.25, 0.3) is 0 Å². The molecule has 3 aliphatic rings. The summed E-state index contributed by atoms with van der Waals surface area (Å²) in [6.07, 6.45) is 10.6. The van der Waals surface area contributed by atoms with Crippen molar-refractivity contribution in [2.45, 2.75) is 75.4 Å². The Hall–Kier alpha value is -2.82. The molecule has 0 spiro atoms. The number of imidazole rings is 1. The molecule has 2 bridgehead atoms. The Bertz CT molecular complexity index is 1320. The zero-order chi connectivity index (χ0) is 26.1. The fourth-order valence-electron chi connectivity index (χ4n) is 7.67. The summed E-state index contributed by atoms with van der Waals surface area (Å²) < 4.78 is 2.53. The molecule has 198 valence electrons. The molecule has 3 fully saturated rings. The molecule has 1 unspecified atom stereocenters. The highest BCUT2D eigenvalue weighted by Gasteiger charge is 2.44. The fourth-order valence-corrected chi connectivity index (χ4v) is 8.23. The van der Waals surface area contributed by atoms with Crippen LogP contribution in [0.4, 0.5) is 0 Å². The second kappa shape index (κ2) is 10.7. The van der Waals surface area contributed by atoms with Gasteiger partial charge < -0.3 is 9.47 Å². The molecule has 0 amide bonds. The van der Waals surface area contributed by atoms with Gasteiger partial charge in [0.2, 0.25) is 5.17 Å². The van der Waals surface area contributed by atoms with E-state index in [9.17, 15) is 0 Å². The minimum absolute atomic E-state index is 0.187. The van der Waals surface area contributed by atoms with Crippen molar-refractivity contribution in [2.75, 3.05) is 25.9 Å². The quantitative estimate of drug-likeness (QED) is 0.165. The van der Waals surface area contributed by atoms with Crippen LogP contribution in [0.1, 0.15) is 62.4 Å². The maximum Gasteiger partial charge on any atom is 0.246 e. The van der Waals surface area contributed by atoms with Crippen molar-refractivity contribution in [3.8, 4) is 0 Å². The summed E-state index contributed by atoms with van der Waals surface area (Å²) in [5, 5.41) is 4.94. The Morgan fingerprint density at radius 2 is 1.71 bits per heavy atom. The van der Waals surface area contributed by atoms with Crippen LogP contribution in [0.5, 0.6) is 0 Å². The Kier molecular flexibility index (Phi) is 7.20. The molecule has 0 N–H and O–H groups in total. The summed E-state index contributed by atoms with van der Waals surface area (Å²) >= 11 is 1.59. The molecule has 3 saturated heterocycles. The normalized spacial score (nSPS) is 25.6. The molecule has 6 rings (SSSR count). The monoisotopic (exact) mass is 526 g/mol. The predicted molar refractivity (Wildman–Crippen MR) is 157 cm³/mol. The number of hydrogen-bond acceptors (Lipinski definition) is 4. The highest BCUT2D eigenvalue weighted by atomic mass is 32.2. The number of aryl methyl sites for hydroxylation is 1. The lowest BCUT2D eigenvalue weighted by atomic mass is 9.70. The van der Waals surface area contributed by atoms with E-state index in [-0.39, 0.29) is 5.41 Å². The molecule has 0 radical (unpaired) electrons. The third-order valence-corrected chi connectivity index (χ3v) is 10.2. The van der Waals surface area contributed by atoms with Crippen LogP contribution in [0.15, 0.2) is 59.7 Å². The Morgan fingerprint density at radius 1 is 1.03 bits per heavy atom. The van der Waals surface area contributed by atoms with Crippen molar-refractivity contribution in [1.82, 2.24) is 19.4 Å². The number of para-hydroxylation sites is 2. The average Bonchev–Trinajstić information content (AvgIpc) is 3.42. The van der Waals surface area contributed by atoms with Crippen molar-refractivity contribution in [1.29, 1.82) is 0 Å². The number of thioether (sulfide) groups is 1. The molecule has 0 aliphatic carbocycles. The van der Waals surface area contributed by atoms with Crippen LogP contribution in [0.2, 0.25) is 0 Å². The van der Waals surface area contributed by atoms with E-state index in [0.29, 0.717) is 18.1 Å². The topological polar surface area (TPSA) is 41.0 Å². The number of hydrogen-bond donors (Lipinski definition) is 0. The Morgan fingerprint density at radius 3 is 2.39 bits per heavy atom. The molecule has 6 nitrogen and oxygen atoms in total. The lowest BCUT2D eigenvalue weighted by Crippen LogP contribution is -2.48. The minimum atomic E-state index is 0.187. The number of benzene rings is 2. The Labute approximate surface area is 230 Å². The summed E-state index contributed by atoms with van der Waals surface area (Å²) in [6, 6.07) is 21.7. The first-order valence-corrected chi connectivity index (χ1v) is 15.3. The molecule has 1 aromatic heterocycles. The van der Waals surface area contributed by atoms with E-state index in [1.807, 2.05) is 6.26 Å². The average molecular weight is 527 g/mol. The van der Waals surface area contributed by atoms with E-state index < -0.39 is 0 Å². The summed E-state index contributed by atoms with van der Waals surface area (Å²) in [6.45, 7) is 12.5. The van der Waals surface area contributed by atoms with Crippen molar-refractivity contribution in [3.05, 3.63) is 77.5 Å². The summed E-state index contributed by atoms with van der Waals surface area (Å²) in [5.41, 5.74) is 4.09. The molecule has 7 heteroatoms. The van der Waals surface area contributed by atoms with Gasteiger partial charge in [0, 0.05) is 31.2 Å². The highest BCUT2D eigenvalue weighted by Crippen LogP contribution is 2.45. The first kappa shape index (κ1) is 25.5. The zero-order valence-corrected chi connectivity index (χ0v) is 23.4. The molecule has 3 aromatic rings.